The fourth-order valence-corrected chi connectivity index (χ4v) is 3.82. The molecule has 0 bridgehead atoms. The molecule has 5 nitrogen and oxygen atoms in total. The van der Waals surface area contributed by atoms with Crippen LogP contribution in [0.3, 0.4) is 0 Å². The number of aryl methyl sites for hydroxylation is 1. The van der Waals surface area contributed by atoms with Crippen LogP contribution in [0.4, 0.5) is 0 Å². The summed E-state index contributed by atoms with van der Waals surface area (Å²) >= 11 is 0. The van der Waals surface area contributed by atoms with E-state index in [4.69, 9.17) is 0 Å². The fourth-order valence-electron chi connectivity index (χ4n) is 2.13. The first-order chi connectivity index (χ1) is 8.05. The zero-order valence-corrected chi connectivity index (χ0v) is 10.6. The summed E-state index contributed by atoms with van der Waals surface area (Å²) in [5, 5.41) is 0. The van der Waals surface area contributed by atoms with Crippen LogP contribution < -0.4 is 0 Å². The van der Waals surface area contributed by atoms with E-state index in [1.807, 2.05) is 0 Å². The van der Waals surface area contributed by atoms with Crippen molar-refractivity contribution >= 4 is 16.3 Å². The molecule has 1 saturated heterocycles. The number of hydrogen-bond acceptors (Lipinski definition) is 3. The van der Waals surface area contributed by atoms with Crippen LogP contribution in [-0.2, 0) is 21.9 Å². The summed E-state index contributed by atoms with van der Waals surface area (Å²) in [5.74, 6) is 0. The molecular formula is C11H16N2O3S. The molecule has 1 atom stereocenters. The lowest BCUT2D eigenvalue weighted by atomic mass is 10.1. The molecule has 0 aliphatic carbocycles. The molecule has 0 N–H and O–H groups in total. The Labute approximate surface area is 101 Å². The normalized spacial score (nSPS) is 22.5. The van der Waals surface area contributed by atoms with Gasteiger partial charge in [0.15, 0.2) is 0 Å². The highest BCUT2D eigenvalue weighted by molar-refractivity contribution is 7.89. The first-order valence-electron chi connectivity index (χ1n) is 5.65. The van der Waals surface area contributed by atoms with E-state index in [2.05, 4.69) is 0 Å². The van der Waals surface area contributed by atoms with E-state index in [1.165, 1.54) is 4.31 Å². The molecule has 1 aromatic heterocycles. The van der Waals surface area contributed by atoms with E-state index in [0.29, 0.717) is 13.0 Å². The average molecular weight is 256 g/mol. The maximum absolute atomic E-state index is 12.3. The van der Waals surface area contributed by atoms with Gasteiger partial charge in [0.05, 0.1) is 10.9 Å². The highest BCUT2D eigenvalue weighted by atomic mass is 32.2. The molecule has 0 radical (unpaired) electrons. The molecule has 1 fully saturated rings. The molecule has 6 heteroatoms. The number of rotatable bonds is 3. The zero-order valence-electron chi connectivity index (χ0n) is 9.74. The molecular weight excluding hydrogens is 240 g/mol. The molecule has 1 aromatic rings. The summed E-state index contributed by atoms with van der Waals surface area (Å²) in [5.41, 5.74) is 0. The van der Waals surface area contributed by atoms with E-state index in [9.17, 15) is 13.2 Å². The number of sulfonamides is 1. The highest BCUT2D eigenvalue weighted by Gasteiger charge is 2.33. The van der Waals surface area contributed by atoms with Gasteiger partial charge in [-0.25, -0.2) is 8.42 Å². The van der Waals surface area contributed by atoms with E-state index in [1.54, 1.807) is 30.1 Å². The van der Waals surface area contributed by atoms with Gasteiger partial charge in [0.25, 0.3) is 0 Å². The van der Waals surface area contributed by atoms with Crippen LogP contribution in [0.25, 0.3) is 0 Å². The third-order valence-corrected chi connectivity index (χ3v) is 4.97. The molecule has 0 saturated carbocycles. The van der Waals surface area contributed by atoms with E-state index in [-0.39, 0.29) is 4.90 Å². The van der Waals surface area contributed by atoms with Crippen molar-refractivity contribution in [3.05, 3.63) is 18.5 Å². The number of aromatic nitrogens is 1. The van der Waals surface area contributed by atoms with Gasteiger partial charge in [-0.2, -0.15) is 4.31 Å². The Bertz CT molecular complexity index is 507. The maximum Gasteiger partial charge on any atom is 0.245 e. The minimum Gasteiger partial charge on any atom is -0.356 e. The van der Waals surface area contributed by atoms with Crippen LogP contribution in [0.2, 0.25) is 0 Å². The zero-order chi connectivity index (χ0) is 12.5. The van der Waals surface area contributed by atoms with Crippen molar-refractivity contribution in [1.82, 2.24) is 8.87 Å². The number of carbonyl (C=O) groups is 1. The Kier molecular flexibility index (Phi) is 3.35. The van der Waals surface area contributed by atoms with Gasteiger partial charge in [-0.05, 0) is 18.9 Å². The lowest BCUT2D eigenvalue weighted by molar-refractivity contribution is -0.111. The molecule has 1 aliphatic rings. The Morgan fingerprint density at radius 1 is 1.41 bits per heavy atom. The SMILES string of the molecule is Cn1ccc(S(=O)(=O)N2CCCCC2C=O)c1. The van der Waals surface area contributed by atoms with Crippen molar-refractivity contribution in [2.24, 2.45) is 7.05 Å². The van der Waals surface area contributed by atoms with E-state index < -0.39 is 16.1 Å². The lowest BCUT2D eigenvalue weighted by Crippen LogP contribution is -2.44. The summed E-state index contributed by atoms with van der Waals surface area (Å²) in [6.07, 6.45) is 6.33. The van der Waals surface area contributed by atoms with Crippen LogP contribution in [0, 0.1) is 0 Å². The second-order valence-corrected chi connectivity index (χ2v) is 6.22. The van der Waals surface area contributed by atoms with Crippen molar-refractivity contribution in [1.29, 1.82) is 0 Å². The first-order valence-corrected chi connectivity index (χ1v) is 7.09. The largest absolute Gasteiger partial charge is 0.356 e. The minimum atomic E-state index is -3.52. The van der Waals surface area contributed by atoms with Crippen molar-refractivity contribution in [3.63, 3.8) is 0 Å². The Hall–Kier alpha value is -1.14. The predicted octanol–water partition coefficient (Wildman–Crippen LogP) is 0.767. The summed E-state index contributed by atoms with van der Waals surface area (Å²) in [6.45, 7) is 0.431. The third-order valence-electron chi connectivity index (χ3n) is 3.07. The summed E-state index contributed by atoms with van der Waals surface area (Å²) in [7, 11) is -1.75. The highest BCUT2D eigenvalue weighted by Crippen LogP contribution is 2.24. The standard InChI is InChI=1S/C11H16N2O3S/c1-12-7-5-11(8-12)17(15,16)13-6-3-2-4-10(13)9-14/h5,7-10H,2-4,6H2,1H3. The second kappa shape index (κ2) is 4.62. The van der Waals surface area contributed by atoms with Crippen LogP contribution in [0.5, 0.6) is 0 Å². The fraction of sp³-hybridized carbons (Fsp3) is 0.545. The molecule has 2 rings (SSSR count). The van der Waals surface area contributed by atoms with Crippen LogP contribution in [0.15, 0.2) is 23.4 Å². The molecule has 94 valence electrons. The summed E-state index contributed by atoms with van der Waals surface area (Å²) in [4.78, 5) is 11.2. The van der Waals surface area contributed by atoms with E-state index >= 15 is 0 Å². The molecule has 0 amide bonds. The average Bonchev–Trinajstić information content (AvgIpc) is 2.76. The topological polar surface area (TPSA) is 59.4 Å². The molecule has 2 heterocycles. The number of carbonyl (C=O) groups excluding carboxylic acids is 1. The number of nitrogens with zero attached hydrogens (tertiary/aromatic N) is 2. The van der Waals surface area contributed by atoms with Gasteiger partial charge >= 0.3 is 0 Å². The van der Waals surface area contributed by atoms with Crippen molar-refractivity contribution in [3.8, 4) is 0 Å². The molecule has 0 spiro atoms. The maximum atomic E-state index is 12.3. The number of piperidine rings is 1. The van der Waals surface area contributed by atoms with Crippen molar-refractivity contribution < 1.29 is 13.2 Å². The van der Waals surface area contributed by atoms with Gasteiger partial charge in [0.1, 0.15) is 6.29 Å². The van der Waals surface area contributed by atoms with Crippen molar-refractivity contribution in [2.45, 2.75) is 30.2 Å². The lowest BCUT2D eigenvalue weighted by Gasteiger charge is -2.30. The van der Waals surface area contributed by atoms with Gasteiger partial charge in [0, 0.05) is 26.0 Å². The molecule has 1 aliphatic heterocycles. The second-order valence-electron chi connectivity index (χ2n) is 4.33. The molecule has 17 heavy (non-hydrogen) atoms. The van der Waals surface area contributed by atoms with Crippen molar-refractivity contribution in [2.75, 3.05) is 6.54 Å². The van der Waals surface area contributed by atoms with Gasteiger partial charge in [-0.1, -0.05) is 6.42 Å². The Balaban J connectivity index is 2.34. The Morgan fingerprint density at radius 3 is 2.76 bits per heavy atom. The Morgan fingerprint density at radius 2 is 2.18 bits per heavy atom. The monoisotopic (exact) mass is 256 g/mol. The third kappa shape index (κ3) is 2.28. The van der Waals surface area contributed by atoms with Crippen LogP contribution in [0.1, 0.15) is 19.3 Å². The van der Waals surface area contributed by atoms with Gasteiger partial charge in [-0.15, -0.1) is 0 Å². The van der Waals surface area contributed by atoms with Gasteiger partial charge < -0.3 is 9.36 Å². The minimum absolute atomic E-state index is 0.258. The number of hydrogen-bond donors (Lipinski definition) is 0. The summed E-state index contributed by atoms with van der Waals surface area (Å²) < 4.78 is 27.7. The first kappa shape index (κ1) is 12.3. The molecule has 1 unspecified atom stereocenters. The number of aldehydes is 1. The quantitative estimate of drug-likeness (QED) is 0.750. The van der Waals surface area contributed by atoms with Crippen LogP contribution >= 0.6 is 0 Å². The van der Waals surface area contributed by atoms with Gasteiger partial charge in [0.2, 0.25) is 10.0 Å². The predicted molar refractivity (Wildman–Crippen MR) is 63.0 cm³/mol. The smallest absolute Gasteiger partial charge is 0.245 e. The van der Waals surface area contributed by atoms with Gasteiger partial charge in [-0.3, -0.25) is 0 Å². The molecule has 0 aromatic carbocycles. The van der Waals surface area contributed by atoms with Crippen LogP contribution in [-0.4, -0.2) is 36.2 Å². The van der Waals surface area contributed by atoms with E-state index in [0.717, 1.165) is 19.1 Å². The summed E-state index contributed by atoms with van der Waals surface area (Å²) in [6, 6.07) is 1.06.